The molecule has 1 fully saturated rings. The quantitative estimate of drug-likeness (QED) is 0.721. The Morgan fingerprint density at radius 1 is 1.31 bits per heavy atom. The molecule has 1 heterocycles. The summed E-state index contributed by atoms with van der Waals surface area (Å²) in [6.07, 6.45) is 7.04. The van der Waals surface area contributed by atoms with Crippen molar-refractivity contribution >= 4 is 0 Å². The topological polar surface area (TPSA) is 21.3 Å². The van der Waals surface area contributed by atoms with E-state index in [-0.39, 0.29) is 0 Å². The van der Waals surface area contributed by atoms with E-state index in [9.17, 15) is 0 Å². The lowest BCUT2D eigenvalue weighted by molar-refractivity contribution is 0.0990. The van der Waals surface area contributed by atoms with Gasteiger partial charge in [-0.3, -0.25) is 0 Å². The fraction of sp³-hybridized carbons (Fsp3) is 1.00. The molecule has 1 N–H and O–H groups in total. The van der Waals surface area contributed by atoms with E-state index in [1.54, 1.807) is 0 Å². The standard InChI is InChI=1S/C14H29NO/c1-11(2)14(12(3)15-4)9-5-7-13-8-6-10-16-13/h11-15H,5-10H2,1-4H3. The highest BCUT2D eigenvalue weighted by molar-refractivity contribution is 4.75. The molecule has 96 valence electrons. The highest BCUT2D eigenvalue weighted by atomic mass is 16.5. The second-order valence-electron chi connectivity index (χ2n) is 5.55. The summed E-state index contributed by atoms with van der Waals surface area (Å²) in [6, 6.07) is 0.629. The number of nitrogens with one attached hydrogen (secondary N) is 1. The molecule has 1 aliphatic rings. The second-order valence-corrected chi connectivity index (χ2v) is 5.55. The van der Waals surface area contributed by atoms with Crippen LogP contribution >= 0.6 is 0 Å². The van der Waals surface area contributed by atoms with Gasteiger partial charge in [-0.25, -0.2) is 0 Å². The first kappa shape index (κ1) is 14.0. The Bertz CT molecular complexity index is 176. The zero-order chi connectivity index (χ0) is 12.0. The van der Waals surface area contributed by atoms with Crippen molar-refractivity contribution < 1.29 is 4.74 Å². The monoisotopic (exact) mass is 227 g/mol. The van der Waals surface area contributed by atoms with Crippen LogP contribution in [0.4, 0.5) is 0 Å². The van der Waals surface area contributed by atoms with Crippen molar-refractivity contribution in [3.05, 3.63) is 0 Å². The number of hydrogen-bond acceptors (Lipinski definition) is 2. The summed E-state index contributed by atoms with van der Waals surface area (Å²) in [5.74, 6) is 1.57. The van der Waals surface area contributed by atoms with E-state index >= 15 is 0 Å². The fourth-order valence-electron chi connectivity index (χ4n) is 2.83. The molecule has 0 aromatic rings. The molecule has 2 nitrogen and oxygen atoms in total. The average Bonchev–Trinajstić information content (AvgIpc) is 2.75. The minimum atomic E-state index is 0.567. The molecule has 1 saturated heterocycles. The summed E-state index contributed by atoms with van der Waals surface area (Å²) < 4.78 is 5.67. The van der Waals surface area contributed by atoms with Gasteiger partial charge < -0.3 is 10.1 Å². The van der Waals surface area contributed by atoms with Crippen LogP contribution in [0.1, 0.15) is 52.9 Å². The van der Waals surface area contributed by atoms with Crippen LogP contribution in [-0.2, 0) is 4.74 Å². The van der Waals surface area contributed by atoms with Crippen molar-refractivity contribution in [3.8, 4) is 0 Å². The molecule has 0 spiro atoms. The molecule has 0 aliphatic carbocycles. The van der Waals surface area contributed by atoms with Crippen molar-refractivity contribution in [2.45, 2.75) is 65.0 Å². The van der Waals surface area contributed by atoms with Crippen molar-refractivity contribution in [1.29, 1.82) is 0 Å². The van der Waals surface area contributed by atoms with E-state index in [4.69, 9.17) is 4.74 Å². The van der Waals surface area contributed by atoms with Crippen LogP contribution in [0, 0.1) is 11.8 Å². The van der Waals surface area contributed by atoms with Crippen LogP contribution in [0.25, 0.3) is 0 Å². The summed E-state index contributed by atoms with van der Waals surface area (Å²) in [4.78, 5) is 0. The van der Waals surface area contributed by atoms with Crippen LogP contribution in [0.5, 0.6) is 0 Å². The fourth-order valence-corrected chi connectivity index (χ4v) is 2.83. The zero-order valence-electron chi connectivity index (χ0n) is 11.5. The maximum absolute atomic E-state index is 5.67. The molecule has 1 rings (SSSR count). The lowest BCUT2D eigenvalue weighted by Gasteiger charge is -2.27. The van der Waals surface area contributed by atoms with E-state index in [1.165, 1.54) is 32.1 Å². The van der Waals surface area contributed by atoms with Crippen LogP contribution in [-0.4, -0.2) is 25.8 Å². The predicted molar refractivity (Wildman–Crippen MR) is 69.7 cm³/mol. The number of hydrogen-bond donors (Lipinski definition) is 1. The molecule has 0 radical (unpaired) electrons. The third-order valence-electron chi connectivity index (χ3n) is 4.04. The lowest BCUT2D eigenvalue weighted by Crippen LogP contribution is -2.33. The van der Waals surface area contributed by atoms with Gasteiger partial charge in [-0.1, -0.05) is 20.3 Å². The van der Waals surface area contributed by atoms with Gasteiger partial charge in [0.2, 0.25) is 0 Å². The Labute approximate surface area is 101 Å². The highest BCUT2D eigenvalue weighted by Gasteiger charge is 2.21. The summed E-state index contributed by atoms with van der Waals surface area (Å²) in [5.41, 5.74) is 0. The van der Waals surface area contributed by atoms with Crippen LogP contribution < -0.4 is 5.32 Å². The van der Waals surface area contributed by atoms with E-state index in [1.807, 2.05) is 0 Å². The van der Waals surface area contributed by atoms with Crippen molar-refractivity contribution in [3.63, 3.8) is 0 Å². The number of rotatable bonds is 7. The summed E-state index contributed by atoms with van der Waals surface area (Å²) in [6.45, 7) is 7.97. The van der Waals surface area contributed by atoms with E-state index in [0.717, 1.165) is 18.4 Å². The van der Waals surface area contributed by atoms with Gasteiger partial charge in [0.1, 0.15) is 0 Å². The molecule has 0 aromatic carbocycles. The van der Waals surface area contributed by atoms with E-state index in [2.05, 4.69) is 33.1 Å². The molecule has 3 unspecified atom stereocenters. The largest absolute Gasteiger partial charge is 0.378 e. The summed E-state index contributed by atoms with van der Waals surface area (Å²) in [7, 11) is 2.07. The van der Waals surface area contributed by atoms with Crippen molar-refractivity contribution in [2.24, 2.45) is 11.8 Å². The van der Waals surface area contributed by atoms with Gasteiger partial charge in [0, 0.05) is 12.6 Å². The van der Waals surface area contributed by atoms with Crippen LogP contribution in [0.3, 0.4) is 0 Å². The van der Waals surface area contributed by atoms with Gasteiger partial charge in [-0.15, -0.1) is 0 Å². The molecule has 1 aliphatic heterocycles. The van der Waals surface area contributed by atoms with Gasteiger partial charge in [-0.05, 0) is 51.5 Å². The maximum Gasteiger partial charge on any atom is 0.0576 e. The first-order valence-electron chi connectivity index (χ1n) is 6.94. The normalized spacial score (nSPS) is 24.9. The molecule has 0 saturated carbocycles. The molecule has 3 atom stereocenters. The van der Waals surface area contributed by atoms with Crippen molar-refractivity contribution in [1.82, 2.24) is 5.32 Å². The van der Waals surface area contributed by atoms with Gasteiger partial charge >= 0.3 is 0 Å². The zero-order valence-corrected chi connectivity index (χ0v) is 11.5. The average molecular weight is 227 g/mol. The molecule has 0 aromatic heterocycles. The maximum atomic E-state index is 5.67. The van der Waals surface area contributed by atoms with Gasteiger partial charge in [0.15, 0.2) is 0 Å². The SMILES string of the molecule is CNC(C)C(CCCC1CCCO1)C(C)C. The Morgan fingerprint density at radius 2 is 2.06 bits per heavy atom. The molecule has 16 heavy (non-hydrogen) atoms. The van der Waals surface area contributed by atoms with Crippen molar-refractivity contribution in [2.75, 3.05) is 13.7 Å². The minimum absolute atomic E-state index is 0.567. The van der Waals surface area contributed by atoms with Gasteiger partial charge in [0.25, 0.3) is 0 Å². The Morgan fingerprint density at radius 3 is 2.56 bits per heavy atom. The van der Waals surface area contributed by atoms with E-state index in [0.29, 0.717) is 12.1 Å². The molecule has 0 amide bonds. The lowest BCUT2D eigenvalue weighted by atomic mass is 9.84. The molecule has 0 bridgehead atoms. The molecule has 2 heteroatoms. The third kappa shape index (κ3) is 4.42. The highest BCUT2D eigenvalue weighted by Crippen LogP contribution is 2.24. The Balaban J connectivity index is 2.21. The smallest absolute Gasteiger partial charge is 0.0576 e. The third-order valence-corrected chi connectivity index (χ3v) is 4.04. The Hall–Kier alpha value is -0.0800. The first-order chi connectivity index (χ1) is 7.65. The van der Waals surface area contributed by atoms with E-state index < -0.39 is 0 Å². The van der Waals surface area contributed by atoms with Gasteiger partial charge in [0.05, 0.1) is 6.10 Å². The number of ether oxygens (including phenoxy) is 1. The predicted octanol–water partition coefficient (Wildman–Crippen LogP) is 3.22. The second kappa shape index (κ2) is 7.29. The summed E-state index contributed by atoms with van der Waals surface area (Å²) in [5, 5.41) is 3.39. The van der Waals surface area contributed by atoms with Gasteiger partial charge in [-0.2, -0.15) is 0 Å². The molecular formula is C14H29NO. The first-order valence-corrected chi connectivity index (χ1v) is 6.94. The minimum Gasteiger partial charge on any atom is -0.378 e. The van der Waals surface area contributed by atoms with Crippen LogP contribution in [0.2, 0.25) is 0 Å². The Kier molecular flexibility index (Phi) is 6.37. The molecular weight excluding hydrogens is 198 g/mol. The van der Waals surface area contributed by atoms with Crippen LogP contribution in [0.15, 0.2) is 0 Å². The summed E-state index contributed by atoms with van der Waals surface area (Å²) >= 11 is 0.